The molecule has 0 saturated carbocycles. The Labute approximate surface area is 194 Å². The zero-order valence-corrected chi connectivity index (χ0v) is 18.8. The van der Waals surface area contributed by atoms with Crippen LogP contribution in [0, 0.1) is 0 Å². The van der Waals surface area contributed by atoms with Crippen molar-refractivity contribution in [2.45, 2.75) is 16.7 Å². The molecule has 1 amide bonds. The molecular weight excluding hydrogens is 453 g/mol. The van der Waals surface area contributed by atoms with E-state index in [2.05, 4.69) is 10.5 Å². The average Bonchev–Trinajstić information content (AvgIpc) is 2.76. The van der Waals surface area contributed by atoms with E-state index in [1.54, 1.807) is 53.2 Å². The molecule has 156 valence electrons. The third-order valence-electron chi connectivity index (χ3n) is 4.66. The highest BCUT2D eigenvalue weighted by Crippen LogP contribution is 2.48. The second-order valence-electron chi connectivity index (χ2n) is 6.80. The molecule has 3 aromatic carbocycles. The number of carbonyl (C=O) groups excluding carboxylic acids is 2. The number of carbonyl (C=O) groups is 2. The van der Waals surface area contributed by atoms with Gasteiger partial charge in [-0.3, -0.25) is 14.5 Å². The third-order valence-corrected chi connectivity index (χ3v) is 6.53. The van der Waals surface area contributed by atoms with Gasteiger partial charge in [0.2, 0.25) is 0 Å². The van der Waals surface area contributed by atoms with Gasteiger partial charge in [0.1, 0.15) is 6.54 Å². The molecule has 0 fully saturated rings. The molecule has 0 spiro atoms. The summed E-state index contributed by atoms with van der Waals surface area (Å²) < 4.78 is 0. The maximum Gasteiger partial charge on any atom is 0.252 e. The van der Waals surface area contributed by atoms with Crippen LogP contribution in [-0.2, 0) is 4.79 Å². The number of Topliss-reactive ketones (excluding diaryl/α,β-unsaturated/α-hetero) is 1. The van der Waals surface area contributed by atoms with Crippen LogP contribution in [0.15, 0.2) is 75.6 Å². The van der Waals surface area contributed by atoms with E-state index < -0.39 is 0 Å². The summed E-state index contributed by atoms with van der Waals surface area (Å²) in [4.78, 5) is 28.6. The number of amides is 1. The van der Waals surface area contributed by atoms with Gasteiger partial charge < -0.3 is 5.43 Å². The fraction of sp³-hybridized carbons (Fsp3) is 0.0870. The first kappa shape index (κ1) is 21.4. The van der Waals surface area contributed by atoms with Crippen LogP contribution >= 0.6 is 35.0 Å². The van der Waals surface area contributed by atoms with Crippen LogP contribution in [0.4, 0.5) is 11.4 Å². The van der Waals surface area contributed by atoms with Gasteiger partial charge >= 0.3 is 0 Å². The lowest BCUT2D eigenvalue weighted by Crippen LogP contribution is -2.35. The smallest absolute Gasteiger partial charge is 0.252 e. The molecule has 31 heavy (non-hydrogen) atoms. The first-order chi connectivity index (χ1) is 14.9. The summed E-state index contributed by atoms with van der Waals surface area (Å²) in [5.41, 5.74) is 5.58. The zero-order valence-electron chi connectivity index (χ0n) is 16.4. The number of nitrogens with zero attached hydrogens (tertiary/aromatic N) is 2. The summed E-state index contributed by atoms with van der Waals surface area (Å²) >= 11 is 13.5. The van der Waals surface area contributed by atoms with Gasteiger partial charge in [-0.15, -0.1) is 0 Å². The van der Waals surface area contributed by atoms with Crippen molar-refractivity contribution in [3.05, 3.63) is 81.8 Å². The van der Waals surface area contributed by atoms with Crippen molar-refractivity contribution in [1.82, 2.24) is 5.43 Å². The molecule has 0 bridgehead atoms. The second-order valence-corrected chi connectivity index (χ2v) is 8.70. The van der Waals surface area contributed by atoms with Crippen molar-refractivity contribution in [3.8, 4) is 0 Å². The van der Waals surface area contributed by atoms with Crippen LogP contribution in [0.1, 0.15) is 22.8 Å². The quantitative estimate of drug-likeness (QED) is 0.285. The lowest BCUT2D eigenvalue weighted by molar-refractivity contribution is -0.117. The number of hydrogen-bond acceptors (Lipinski definition) is 5. The molecular formula is C23H17Cl2N3O2S. The van der Waals surface area contributed by atoms with Crippen molar-refractivity contribution in [3.63, 3.8) is 0 Å². The maximum atomic E-state index is 13.2. The Balaban J connectivity index is 1.57. The highest BCUT2D eigenvalue weighted by Gasteiger charge is 2.28. The van der Waals surface area contributed by atoms with Gasteiger partial charge in [0.25, 0.3) is 5.91 Å². The maximum absolute atomic E-state index is 13.2. The number of ketones is 1. The van der Waals surface area contributed by atoms with E-state index in [1.165, 1.54) is 6.92 Å². The van der Waals surface area contributed by atoms with Crippen molar-refractivity contribution < 1.29 is 9.59 Å². The van der Waals surface area contributed by atoms with Gasteiger partial charge in [-0.25, -0.2) is 0 Å². The Morgan fingerprint density at radius 2 is 1.77 bits per heavy atom. The number of fused-ring (bicyclic) bond motifs is 2. The first-order valence-electron chi connectivity index (χ1n) is 9.40. The molecule has 0 radical (unpaired) electrons. The van der Waals surface area contributed by atoms with Crippen molar-refractivity contribution in [2.24, 2.45) is 5.10 Å². The van der Waals surface area contributed by atoms with Crippen LogP contribution in [0.2, 0.25) is 10.0 Å². The molecule has 1 aliphatic rings. The molecule has 4 rings (SSSR count). The first-order valence-corrected chi connectivity index (χ1v) is 11.0. The van der Waals surface area contributed by atoms with Crippen LogP contribution in [-0.4, -0.2) is 24.4 Å². The van der Waals surface area contributed by atoms with Crippen LogP contribution in [0.3, 0.4) is 0 Å². The SMILES string of the molecule is CC(=O)c1ccc2c(c1)N(C(=O)CNN=Cc1ccc(Cl)c(Cl)c1)c1ccccc1S2. The van der Waals surface area contributed by atoms with E-state index >= 15 is 0 Å². The largest absolute Gasteiger partial charge is 0.301 e. The monoisotopic (exact) mass is 469 g/mol. The minimum atomic E-state index is -0.194. The highest BCUT2D eigenvalue weighted by molar-refractivity contribution is 7.99. The third kappa shape index (κ3) is 4.61. The predicted octanol–water partition coefficient (Wildman–Crippen LogP) is 5.95. The standard InChI is InChI=1S/C23H17Cl2N3O2S/c1-14(29)16-7-9-22-20(11-16)28(19-4-2-3-5-21(19)31-22)23(30)13-27-26-12-15-6-8-17(24)18(25)10-15/h2-12,27H,13H2,1H3. The van der Waals surface area contributed by atoms with Gasteiger partial charge in [-0.2, -0.15) is 5.10 Å². The van der Waals surface area contributed by atoms with E-state index in [0.717, 1.165) is 21.0 Å². The Bertz CT molecular complexity index is 1210. The summed E-state index contributed by atoms with van der Waals surface area (Å²) in [5, 5.41) is 5.02. The Morgan fingerprint density at radius 3 is 2.55 bits per heavy atom. The Hall–Kier alpha value is -2.80. The minimum absolute atomic E-state index is 0.0272. The number of rotatable bonds is 5. The molecule has 0 aliphatic carbocycles. The molecule has 1 aliphatic heterocycles. The normalized spacial score (nSPS) is 12.4. The molecule has 0 aromatic heterocycles. The van der Waals surface area contributed by atoms with Crippen LogP contribution in [0.25, 0.3) is 0 Å². The van der Waals surface area contributed by atoms with Gasteiger partial charge in [-0.05, 0) is 48.9 Å². The van der Waals surface area contributed by atoms with Crippen molar-refractivity contribution in [2.75, 3.05) is 11.4 Å². The fourth-order valence-corrected chi connectivity index (χ4v) is 4.49. The summed E-state index contributed by atoms with van der Waals surface area (Å²) in [6, 6.07) is 18.2. The van der Waals surface area contributed by atoms with Gasteiger partial charge in [0.15, 0.2) is 5.78 Å². The van der Waals surface area contributed by atoms with E-state index in [4.69, 9.17) is 23.2 Å². The number of nitrogens with one attached hydrogen (secondary N) is 1. The number of anilines is 2. The number of hydrogen-bond donors (Lipinski definition) is 1. The van der Waals surface area contributed by atoms with E-state index in [0.29, 0.717) is 21.3 Å². The zero-order chi connectivity index (χ0) is 22.0. The Kier molecular flexibility index (Phi) is 6.32. The topological polar surface area (TPSA) is 61.8 Å². The molecule has 1 N–H and O–H groups in total. The van der Waals surface area contributed by atoms with Crippen LogP contribution in [0.5, 0.6) is 0 Å². The molecule has 3 aromatic rings. The molecule has 5 nitrogen and oxygen atoms in total. The molecule has 0 unspecified atom stereocenters. The van der Waals surface area contributed by atoms with E-state index in [-0.39, 0.29) is 18.2 Å². The second kappa shape index (κ2) is 9.14. The highest BCUT2D eigenvalue weighted by atomic mass is 35.5. The average molecular weight is 470 g/mol. The van der Waals surface area contributed by atoms with E-state index in [9.17, 15) is 9.59 Å². The lowest BCUT2D eigenvalue weighted by Gasteiger charge is -2.31. The fourth-order valence-electron chi connectivity index (χ4n) is 3.15. The van der Waals surface area contributed by atoms with Crippen LogP contribution < -0.4 is 10.3 Å². The summed E-state index contributed by atoms with van der Waals surface area (Å²) in [7, 11) is 0. The van der Waals surface area contributed by atoms with Gasteiger partial charge in [0, 0.05) is 15.4 Å². The number of benzene rings is 3. The predicted molar refractivity (Wildman–Crippen MR) is 126 cm³/mol. The molecule has 8 heteroatoms. The Morgan fingerprint density at radius 1 is 1.00 bits per heavy atom. The molecule has 0 saturated heterocycles. The number of halogens is 2. The van der Waals surface area contributed by atoms with Crippen molar-refractivity contribution >= 4 is 64.2 Å². The number of para-hydroxylation sites is 1. The number of hydrazone groups is 1. The molecule has 1 heterocycles. The van der Waals surface area contributed by atoms with E-state index in [1.807, 2.05) is 30.3 Å². The summed E-state index contributed by atoms with van der Waals surface area (Å²) in [6.07, 6.45) is 1.57. The minimum Gasteiger partial charge on any atom is -0.301 e. The van der Waals surface area contributed by atoms with Crippen molar-refractivity contribution in [1.29, 1.82) is 0 Å². The van der Waals surface area contributed by atoms with Gasteiger partial charge in [-0.1, -0.05) is 59.2 Å². The lowest BCUT2D eigenvalue weighted by atomic mass is 10.1. The summed E-state index contributed by atoms with van der Waals surface area (Å²) in [5.74, 6) is -0.246. The van der Waals surface area contributed by atoms with Gasteiger partial charge in [0.05, 0.1) is 27.6 Å². The summed E-state index contributed by atoms with van der Waals surface area (Å²) in [6.45, 7) is 1.48. The molecule has 0 atom stereocenters.